The van der Waals surface area contributed by atoms with E-state index in [2.05, 4.69) is 24.0 Å². The van der Waals surface area contributed by atoms with Crippen LogP contribution >= 0.6 is 0 Å². The van der Waals surface area contributed by atoms with Gasteiger partial charge >= 0.3 is 0 Å². The van der Waals surface area contributed by atoms with Crippen LogP contribution in [0.25, 0.3) is 22.6 Å². The van der Waals surface area contributed by atoms with E-state index < -0.39 is 0 Å². The van der Waals surface area contributed by atoms with Gasteiger partial charge < -0.3 is 4.42 Å². The highest BCUT2D eigenvalue weighted by atomic mass is 16.3. The first kappa shape index (κ1) is 17.0. The zero-order valence-electron chi connectivity index (χ0n) is 13.7. The van der Waals surface area contributed by atoms with Crippen molar-refractivity contribution < 1.29 is 4.42 Å². The molecule has 3 aromatic rings. The van der Waals surface area contributed by atoms with Crippen LogP contribution in [0.3, 0.4) is 0 Å². The summed E-state index contributed by atoms with van der Waals surface area (Å²) in [6, 6.07) is 16.1. The number of aryl methyl sites for hydroxylation is 1. The van der Waals surface area contributed by atoms with Gasteiger partial charge in [0.25, 0.3) is 0 Å². The van der Waals surface area contributed by atoms with Crippen molar-refractivity contribution in [3.05, 3.63) is 54.1 Å². The zero-order valence-corrected chi connectivity index (χ0v) is 13.7. The predicted molar refractivity (Wildman–Crippen MR) is 91.5 cm³/mol. The van der Waals surface area contributed by atoms with Crippen LogP contribution in [-0.4, -0.2) is 4.98 Å². The second-order valence-corrected chi connectivity index (χ2v) is 4.04. The molecule has 3 rings (SSSR count). The fourth-order valence-corrected chi connectivity index (χ4v) is 1.90. The maximum absolute atomic E-state index is 5.74. The van der Waals surface area contributed by atoms with E-state index in [-0.39, 0.29) is 0 Å². The SMILES string of the molecule is CC.CC.CCc1ccc2oc(-c3ccccc3)nc2c1. The maximum Gasteiger partial charge on any atom is 0.227 e. The summed E-state index contributed by atoms with van der Waals surface area (Å²) in [6.07, 6.45) is 1.02. The van der Waals surface area contributed by atoms with E-state index in [0.29, 0.717) is 5.89 Å². The molecule has 0 radical (unpaired) electrons. The predicted octanol–water partition coefficient (Wildman–Crippen LogP) is 6.11. The van der Waals surface area contributed by atoms with Crippen molar-refractivity contribution in [3.8, 4) is 11.5 Å². The lowest BCUT2D eigenvalue weighted by atomic mass is 10.1. The van der Waals surface area contributed by atoms with E-state index in [1.807, 2.05) is 64.1 Å². The molecule has 2 heteroatoms. The van der Waals surface area contributed by atoms with Crippen molar-refractivity contribution in [3.63, 3.8) is 0 Å². The molecule has 112 valence electrons. The monoisotopic (exact) mass is 283 g/mol. The molecule has 0 saturated carbocycles. The molecule has 0 spiro atoms. The molecule has 0 N–H and O–H groups in total. The summed E-state index contributed by atoms with van der Waals surface area (Å²) in [7, 11) is 0. The molecular formula is C19H25NO. The van der Waals surface area contributed by atoms with Crippen LogP contribution in [0.15, 0.2) is 52.9 Å². The Kier molecular flexibility index (Phi) is 7.24. The maximum atomic E-state index is 5.74. The number of oxazole rings is 1. The summed E-state index contributed by atoms with van der Waals surface area (Å²) in [5, 5.41) is 0. The summed E-state index contributed by atoms with van der Waals surface area (Å²) in [5.74, 6) is 0.689. The Bertz CT molecular complexity index is 641. The average molecular weight is 283 g/mol. The molecule has 2 aromatic carbocycles. The third-order valence-electron chi connectivity index (χ3n) is 2.88. The van der Waals surface area contributed by atoms with E-state index in [4.69, 9.17) is 4.42 Å². The van der Waals surface area contributed by atoms with Gasteiger partial charge in [-0.25, -0.2) is 4.98 Å². The summed E-state index contributed by atoms with van der Waals surface area (Å²) >= 11 is 0. The lowest BCUT2D eigenvalue weighted by molar-refractivity contribution is 0.620. The largest absolute Gasteiger partial charge is 0.436 e. The molecule has 0 aliphatic carbocycles. The molecule has 0 aliphatic rings. The highest BCUT2D eigenvalue weighted by molar-refractivity contribution is 5.76. The average Bonchev–Trinajstić information content (AvgIpc) is 3.02. The third kappa shape index (κ3) is 4.19. The molecule has 2 nitrogen and oxygen atoms in total. The Morgan fingerprint density at radius 3 is 2.19 bits per heavy atom. The Morgan fingerprint density at radius 2 is 1.57 bits per heavy atom. The fraction of sp³-hybridized carbons (Fsp3) is 0.316. The number of rotatable bonds is 2. The van der Waals surface area contributed by atoms with Crippen LogP contribution in [0, 0.1) is 0 Å². The quantitative estimate of drug-likeness (QED) is 0.567. The molecule has 0 unspecified atom stereocenters. The van der Waals surface area contributed by atoms with Crippen LogP contribution in [0.5, 0.6) is 0 Å². The van der Waals surface area contributed by atoms with Gasteiger partial charge in [0, 0.05) is 5.56 Å². The normalized spacial score (nSPS) is 9.38. The van der Waals surface area contributed by atoms with E-state index in [0.717, 1.165) is 23.1 Å². The topological polar surface area (TPSA) is 26.0 Å². The number of benzene rings is 2. The molecular weight excluding hydrogens is 258 g/mol. The first-order valence-electron chi connectivity index (χ1n) is 7.81. The van der Waals surface area contributed by atoms with Crippen LogP contribution in [0.4, 0.5) is 0 Å². The number of hydrogen-bond acceptors (Lipinski definition) is 2. The van der Waals surface area contributed by atoms with E-state index >= 15 is 0 Å². The van der Waals surface area contributed by atoms with Gasteiger partial charge in [-0.1, -0.05) is 58.9 Å². The second kappa shape index (κ2) is 8.96. The Balaban J connectivity index is 0.000000510. The highest BCUT2D eigenvalue weighted by Crippen LogP contribution is 2.24. The minimum absolute atomic E-state index is 0.689. The van der Waals surface area contributed by atoms with Gasteiger partial charge in [-0.15, -0.1) is 0 Å². The van der Waals surface area contributed by atoms with Gasteiger partial charge in [-0.05, 0) is 36.2 Å². The lowest BCUT2D eigenvalue weighted by Gasteiger charge is -1.92. The first-order valence-corrected chi connectivity index (χ1v) is 7.81. The minimum Gasteiger partial charge on any atom is -0.436 e. The van der Waals surface area contributed by atoms with Crippen molar-refractivity contribution in [2.24, 2.45) is 0 Å². The van der Waals surface area contributed by atoms with Crippen LogP contribution in [0.1, 0.15) is 40.2 Å². The zero-order chi connectivity index (χ0) is 15.7. The molecule has 1 heterocycles. The third-order valence-corrected chi connectivity index (χ3v) is 2.88. The van der Waals surface area contributed by atoms with Gasteiger partial charge in [-0.3, -0.25) is 0 Å². The number of hydrogen-bond donors (Lipinski definition) is 0. The molecule has 0 atom stereocenters. The number of nitrogens with zero attached hydrogens (tertiary/aromatic N) is 1. The van der Waals surface area contributed by atoms with Gasteiger partial charge in [0.15, 0.2) is 5.58 Å². The fourth-order valence-electron chi connectivity index (χ4n) is 1.90. The molecule has 0 fully saturated rings. The van der Waals surface area contributed by atoms with Crippen molar-refractivity contribution >= 4 is 11.1 Å². The Labute approximate surface area is 127 Å². The Morgan fingerprint density at radius 1 is 0.905 bits per heavy atom. The standard InChI is InChI=1S/C15H13NO.2C2H6/c1-2-11-8-9-14-13(10-11)16-15(17-14)12-6-4-3-5-7-12;2*1-2/h3-10H,2H2,1H3;2*1-2H3. The number of aromatic nitrogens is 1. The summed E-state index contributed by atoms with van der Waals surface area (Å²) in [4.78, 5) is 4.52. The Hall–Kier alpha value is -2.09. The van der Waals surface area contributed by atoms with E-state index in [9.17, 15) is 0 Å². The molecule has 1 aromatic heterocycles. The lowest BCUT2D eigenvalue weighted by Crippen LogP contribution is -1.78. The molecule has 0 saturated heterocycles. The van der Waals surface area contributed by atoms with Gasteiger partial charge in [0.1, 0.15) is 5.52 Å². The van der Waals surface area contributed by atoms with Crippen LogP contribution in [0.2, 0.25) is 0 Å². The minimum atomic E-state index is 0.689. The smallest absolute Gasteiger partial charge is 0.227 e. The van der Waals surface area contributed by atoms with Crippen LogP contribution < -0.4 is 0 Å². The molecule has 0 bridgehead atoms. The number of fused-ring (bicyclic) bond motifs is 1. The van der Waals surface area contributed by atoms with E-state index in [1.54, 1.807) is 0 Å². The molecule has 0 amide bonds. The molecule has 0 aliphatic heterocycles. The van der Waals surface area contributed by atoms with Crippen molar-refractivity contribution in [1.82, 2.24) is 4.98 Å². The van der Waals surface area contributed by atoms with Gasteiger partial charge in [0.05, 0.1) is 0 Å². The van der Waals surface area contributed by atoms with Gasteiger partial charge in [0.2, 0.25) is 5.89 Å². The van der Waals surface area contributed by atoms with Crippen molar-refractivity contribution in [2.45, 2.75) is 41.0 Å². The highest BCUT2D eigenvalue weighted by Gasteiger charge is 2.07. The first-order chi connectivity index (χ1) is 10.4. The van der Waals surface area contributed by atoms with Crippen molar-refractivity contribution in [2.75, 3.05) is 0 Å². The summed E-state index contributed by atoms with van der Waals surface area (Å²) < 4.78 is 5.74. The summed E-state index contributed by atoms with van der Waals surface area (Å²) in [5.41, 5.74) is 4.08. The summed E-state index contributed by atoms with van der Waals surface area (Å²) in [6.45, 7) is 10.1. The second-order valence-electron chi connectivity index (χ2n) is 4.04. The van der Waals surface area contributed by atoms with E-state index in [1.165, 1.54) is 5.56 Å². The van der Waals surface area contributed by atoms with Crippen molar-refractivity contribution in [1.29, 1.82) is 0 Å². The van der Waals surface area contributed by atoms with Gasteiger partial charge in [-0.2, -0.15) is 0 Å². The molecule has 21 heavy (non-hydrogen) atoms. The van der Waals surface area contributed by atoms with Crippen LogP contribution in [-0.2, 0) is 6.42 Å².